The van der Waals surface area contributed by atoms with Gasteiger partial charge < -0.3 is 14.6 Å². The number of carbonyl (C=O) groups excluding carboxylic acids is 1. The Kier molecular flexibility index (Phi) is 8.38. The van der Waals surface area contributed by atoms with Gasteiger partial charge in [0.25, 0.3) is 0 Å². The lowest BCUT2D eigenvalue weighted by molar-refractivity contribution is -0.148. The predicted molar refractivity (Wildman–Crippen MR) is 98.7 cm³/mol. The van der Waals surface area contributed by atoms with E-state index >= 15 is 0 Å². The molecule has 1 aromatic rings. The summed E-state index contributed by atoms with van der Waals surface area (Å²) in [6.45, 7) is 3.82. The molecule has 0 fully saturated rings. The number of thiocarbonyl (C=S) groups is 1. The van der Waals surface area contributed by atoms with Crippen molar-refractivity contribution in [1.82, 2.24) is 0 Å². The van der Waals surface area contributed by atoms with Crippen LogP contribution in [0, 0.1) is 11.3 Å². The monoisotopic (exact) mass is 381 g/mol. The fourth-order valence-electron chi connectivity index (χ4n) is 1.60. The second kappa shape index (κ2) is 10.0. The molecular weight excluding hydrogens is 362 g/mol. The Labute approximate surface area is 156 Å². The molecule has 1 N–H and O–H groups in total. The van der Waals surface area contributed by atoms with E-state index in [1.807, 2.05) is 0 Å². The number of benzene rings is 1. The Bertz CT molecular complexity index is 665. The fraction of sp³-hybridized carbons (Fsp3) is 0.412. The van der Waals surface area contributed by atoms with Crippen molar-refractivity contribution in [3.05, 3.63) is 29.8 Å². The van der Waals surface area contributed by atoms with Gasteiger partial charge in [-0.25, -0.2) is 0 Å². The van der Waals surface area contributed by atoms with Gasteiger partial charge in [0, 0.05) is 0 Å². The van der Waals surface area contributed by atoms with E-state index in [1.165, 1.54) is 11.8 Å². The molecule has 0 aliphatic carbocycles. The van der Waals surface area contributed by atoms with E-state index in [4.69, 9.17) is 32.1 Å². The van der Waals surface area contributed by atoms with Crippen molar-refractivity contribution in [2.75, 3.05) is 13.2 Å². The summed E-state index contributed by atoms with van der Waals surface area (Å²) in [5.41, 5.74) is 0.829. The van der Waals surface area contributed by atoms with E-state index in [0.29, 0.717) is 9.95 Å². The van der Waals surface area contributed by atoms with Crippen LogP contribution in [-0.4, -0.2) is 39.2 Å². The van der Waals surface area contributed by atoms with E-state index in [2.05, 4.69) is 6.07 Å². The van der Waals surface area contributed by atoms with Gasteiger partial charge in [-0.1, -0.05) is 24.0 Å². The van der Waals surface area contributed by atoms with Gasteiger partial charge in [0.2, 0.25) is 0 Å². The summed E-state index contributed by atoms with van der Waals surface area (Å²) >= 11 is 6.65. The molecule has 0 aromatic heterocycles. The van der Waals surface area contributed by atoms with Crippen molar-refractivity contribution < 1.29 is 24.2 Å². The lowest BCUT2D eigenvalue weighted by Gasteiger charge is -2.15. The van der Waals surface area contributed by atoms with Gasteiger partial charge in [-0.05, 0) is 43.7 Å². The number of thioether (sulfide) groups is 1. The first-order valence-corrected chi connectivity index (χ1v) is 8.71. The van der Waals surface area contributed by atoms with Crippen LogP contribution < -0.4 is 4.74 Å². The number of ether oxygens (including phenoxy) is 2. The first kappa shape index (κ1) is 20.9. The van der Waals surface area contributed by atoms with Crippen LogP contribution >= 0.6 is 24.0 Å². The Hall–Kier alpha value is -2.11. The van der Waals surface area contributed by atoms with E-state index in [0.717, 1.165) is 5.56 Å². The molecule has 0 spiro atoms. The minimum Gasteiger partial charge on any atom is -0.490 e. The maximum Gasteiger partial charge on any atom is 0.306 e. The zero-order valence-electron chi connectivity index (χ0n) is 14.0. The van der Waals surface area contributed by atoms with Crippen LogP contribution in [0.2, 0.25) is 0 Å². The molecular formula is C17H19NO5S2. The smallest absolute Gasteiger partial charge is 0.306 e. The molecule has 0 atom stereocenters. The number of nitrogens with zero attached hydrogens (tertiary/aromatic N) is 1. The largest absolute Gasteiger partial charge is 0.490 e. The van der Waals surface area contributed by atoms with Crippen molar-refractivity contribution in [1.29, 1.82) is 5.26 Å². The lowest BCUT2D eigenvalue weighted by atomic mass is 10.2. The Morgan fingerprint density at radius 3 is 2.44 bits per heavy atom. The number of carbonyl (C=O) groups is 2. The van der Waals surface area contributed by atoms with E-state index in [-0.39, 0.29) is 26.1 Å². The van der Waals surface area contributed by atoms with Crippen LogP contribution in [-0.2, 0) is 14.3 Å². The highest BCUT2D eigenvalue weighted by Gasteiger charge is 2.20. The maximum absolute atomic E-state index is 11.2. The van der Waals surface area contributed by atoms with Crippen molar-refractivity contribution in [3.63, 3.8) is 0 Å². The number of hydrogen-bond acceptors (Lipinski definition) is 7. The molecule has 0 aliphatic rings. The average Bonchev–Trinajstić information content (AvgIpc) is 2.57. The Morgan fingerprint density at radius 1 is 1.24 bits per heavy atom. The van der Waals surface area contributed by atoms with E-state index < -0.39 is 16.7 Å². The van der Waals surface area contributed by atoms with Crippen molar-refractivity contribution in [3.8, 4) is 11.8 Å². The summed E-state index contributed by atoms with van der Waals surface area (Å²) in [6.07, 6.45) is -0.403. The quantitative estimate of drug-likeness (QED) is 0.396. The van der Waals surface area contributed by atoms with Gasteiger partial charge >= 0.3 is 11.9 Å². The summed E-state index contributed by atoms with van der Waals surface area (Å²) in [7, 11) is 0. The molecule has 0 heterocycles. The highest BCUT2D eigenvalue weighted by atomic mass is 32.2. The summed E-state index contributed by atoms with van der Waals surface area (Å²) in [4.78, 5) is 21.6. The number of carboxylic acid groups (broad SMARTS) is 1. The minimum atomic E-state index is -1.04. The number of aliphatic carboxylic acids is 1. The van der Waals surface area contributed by atoms with E-state index in [1.54, 1.807) is 38.1 Å². The molecule has 0 bridgehead atoms. The SMILES string of the molecule is CC(C)(C#N)SC(=S)c1ccc(OCCOC(=O)CCC(=O)O)cc1. The molecule has 0 radical (unpaired) electrons. The molecule has 0 aliphatic heterocycles. The van der Waals surface area contributed by atoms with Gasteiger partial charge in [-0.3, -0.25) is 9.59 Å². The summed E-state index contributed by atoms with van der Waals surface area (Å²) < 4.78 is 10.3. The van der Waals surface area contributed by atoms with Crippen LogP contribution in [0.25, 0.3) is 0 Å². The highest BCUT2D eigenvalue weighted by molar-refractivity contribution is 8.24. The molecule has 0 saturated heterocycles. The third-order valence-corrected chi connectivity index (χ3v) is 4.37. The van der Waals surface area contributed by atoms with Crippen molar-refractivity contribution in [2.24, 2.45) is 0 Å². The molecule has 0 unspecified atom stereocenters. The second-order valence-electron chi connectivity index (χ2n) is 5.50. The molecule has 25 heavy (non-hydrogen) atoms. The normalized spacial score (nSPS) is 10.6. The minimum absolute atomic E-state index is 0.0465. The number of nitriles is 1. The number of carboxylic acids is 1. The lowest BCUT2D eigenvalue weighted by Crippen LogP contribution is -2.14. The maximum atomic E-state index is 11.2. The van der Waals surface area contributed by atoms with Crippen LogP contribution in [0.1, 0.15) is 32.3 Å². The Balaban J connectivity index is 2.38. The third-order valence-electron chi connectivity index (χ3n) is 2.87. The van der Waals surface area contributed by atoms with Gasteiger partial charge in [-0.15, -0.1) is 0 Å². The summed E-state index contributed by atoms with van der Waals surface area (Å²) in [5, 5.41) is 17.5. The average molecular weight is 381 g/mol. The highest BCUT2D eigenvalue weighted by Crippen LogP contribution is 2.28. The molecule has 0 saturated carbocycles. The van der Waals surface area contributed by atoms with E-state index in [9.17, 15) is 9.59 Å². The first-order valence-electron chi connectivity index (χ1n) is 7.48. The summed E-state index contributed by atoms with van der Waals surface area (Å²) in [6, 6.07) is 9.28. The second-order valence-corrected chi connectivity index (χ2v) is 7.80. The number of rotatable bonds is 9. The number of esters is 1. The molecule has 8 heteroatoms. The standard InChI is InChI=1S/C17H19NO5S2/c1-17(2,11-18)25-16(24)12-3-5-13(6-4-12)22-9-10-23-15(21)8-7-14(19)20/h3-6H,7-10H2,1-2H3,(H,19,20). The molecule has 1 rings (SSSR count). The first-order chi connectivity index (χ1) is 11.7. The number of hydrogen-bond donors (Lipinski definition) is 1. The zero-order chi connectivity index (χ0) is 18.9. The predicted octanol–water partition coefficient (Wildman–Crippen LogP) is 3.18. The van der Waals surface area contributed by atoms with Crippen LogP contribution in [0.15, 0.2) is 24.3 Å². The zero-order valence-corrected chi connectivity index (χ0v) is 15.6. The fourth-order valence-corrected chi connectivity index (χ4v) is 3.12. The molecule has 1 aromatic carbocycles. The van der Waals surface area contributed by atoms with Gasteiger partial charge in [0.05, 0.1) is 23.1 Å². The topological polar surface area (TPSA) is 96.6 Å². The van der Waals surface area contributed by atoms with Crippen molar-refractivity contribution >= 4 is 40.1 Å². The van der Waals surface area contributed by atoms with Crippen LogP contribution in [0.4, 0.5) is 0 Å². The molecule has 134 valence electrons. The third kappa shape index (κ3) is 8.52. The van der Waals surface area contributed by atoms with Crippen molar-refractivity contribution in [2.45, 2.75) is 31.4 Å². The van der Waals surface area contributed by atoms with Crippen LogP contribution in [0.3, 0.4) is 0 Å². The van der Waals surface area contributed by atoms with Gasteiger partial charge in [0.15, 0.2) is 0 Å². The Morgan fingerprint density at radius 2 is 1.88 bits per heavy atom. The molecule has 0 amide bonds. The van der Waals surface area contributed by atoms with Crippen LogP contribution in [0.5, 0.6) is 5.75 Å². The van der Waals surface area contributed by atoms with Gasteiger partial charge in [0.1, 0.15) is 23.7 Å². The summed E-state index contributed by atoms with van der Waals surface area (Å²) in [5.74, 6) is -1.01. The molecule has 6 nitrogen and oxygen atoms in total. The van der Waals surface area contributed by atoms with Gasteiger partial charge in [-0.2, -0.15) is 5.26 Å².